The van der Waals surface area contributed by atoms with Crippen molar-refractivity contribution in [2.24, 2.45) is 0 Å². The third-order valence-electron chi connectivity index (χ3n) is 0.851. The first-order chi connectivity index (χ1) is 3.85. The molecule has 0 saturated heterocycles. The number of aliphatic hydroxyl groups excluding tert-OH is 2. The fourth-order valence-corrected chi connectivity index (χ4v) is 1.07. The smallest absolute Gasteiger partial charge is 0.180 e. The van der Waals surface area contributed by atoms with E-state index in [4.69, 9.17) is 10.2 Å². The molecule has 0 rings (SSSR count). The van der Waals surface area contributed by atoms with Crippen molar-refractivity contribution in [3.8, 4) is 0 Å². The van der Waals surface area contributed by atoms with Crippen molar-refractivity contribution in [1.29, 1.82) is 0 Å². The summed E-state index contributed by atoms with van der Waals surface area (Å²) in [5.74, 6) is 0. The second-order valence-corrected chi connectivity index (χ2v) is 4.10. The van der Waals surface area contributed by atoms with E-state index in [1.54, 1.807) is 0 Å². The predicted octanol–water partition coefficient (Wildman–Crippen LogP) is -1.27. The van der Waals surface area contributed by atoms with Gasteiger partial charge in [-0.1, -0.05) is 0 Å². The summed E-state index contributed by atoms with van der Waals surface area (Å²) in [6.07, 6.45) is -0.357. The number of sulfone groups is 1. The Morgan fingerprint density at radius 3 is 1.67 bits per heavy atom. The topological polar surface area (TPSA) is 74.6 Å². The van der Waals surface area contributed by atoms with Crippen molar-refractivity contribution in [1.82, 2.24) is 0 Å². The summed E-state index contributed by atoms with van der Waals surface area (Å²) in [4.78, 5) is 0. The first-order valence-corrected chi connectivity index (χ1v) is 4.36. The summed E-state index contributed by atoms with van der Waals surface area (Å²) in [6, 6.07) is 0. The van der Waals surface area contributed by atoms with Gasteiger partial charge in [-0.15, -0.1) is 0 Å². The van der Waals surface area contributed by atoms with Gasteiger partial charge in [-0.05, 0) is 6.92 Å². The van der Waals surface area contributed by atoms with E-state index in [-0.39, 0.29) is 0 Å². The van der Waals surface area contributed by atoms with E-state index in [1.165, 1.54) is 6.92 Å². The zero-order valence-electron chi connectivity index (χ0n) is 5.27. The lowest BCUT2D eigenvalue weighted by Crippen LogP contribution is -2.30. The number of rotatable bonds is 2. The Kier molecular flexibility index (Phi) is 2.60. The van der Waals surface area contributed by atoms with Gasteiger partial charge in [0.15, 0.2) is 15.3 Å². The Balaban J connectivity index is 4.24. The highest BCUT2D eigenvalue weighted by atomic mass is 32.2. The fourth-order valence-electron chi connectivity index (χ4n) is 0.358. The minimum absolute atomic E-state index is 0.865. The van der Waals surface area contributed by atoms with Gasteiger partial charge in [-0.3, -0.25) is 0 Å². The van der Waals surface area contributed by atoms with Gasteiger partial charge in [0.1, 0.15) is 0 Å². The van der Waals surface area contributed by atoms with Crippen LogP contribution in [0.5, 0.6) is 0 Å². The molecule has 2 N–H and O–H groups in total. The molecule has 0 aromatic rings. The number of hydrogen-bond donors (Lipinski definition) is 2. The molecule has 0 aromatic heterocycles. The van der Waals surface area contributed by atoms with Crippen molar-refractivity contribution >= 4 is 9.84 Å². The second-order valence-electron chi connectivity index (χ2n) is 1.96. The van der Waals surface area contributed by atoms with E-state index in [1.807, 2.05) is 0 Å². The molecule has 2 atom stereocenters. The molecule has 0 fully saturated rings. The third-order valence-corrected chi connectivity index (χ3v) is 2.12. The van der Waals surface area contributed by atoms with E-state index in [2.05, 4.69) is 0 Å². The van der Waals surface area contributed by atoms with Crippen LogP contribution in [-0.4, -0.2) is 36.4 Å². The lowest BCUT2D eigenvalue weighted by molar-refractivity contribution is 0.0813. The molecular formula is C4H10O4S. The maximum absolute atomic E-state index is 10.4. The molecule has 0 heterocycles. The lowest BCUT2D eigenvalue weighted by Gasteiger charge is -2.09. The average molecular weight is 154 g/mol. The lowest BCUT2D eigenvalue weighted by atomic mass is 10.4. The van der Waals surface area contributed by atoms with E-state index in [0.717, 1.165) is 6.26 Å². The SMILES string of the molecule is CC(O)[C@@H](O)S(C)(=O)=O. The number of hydrogen-bond acceptors (Lipinski definition) is 4. The molecule has 0 aliphatic rings. The molecule has 0 bridgehead atoms. The molecule has 0 aliphatic heterocycles. The van der Waals surface area contributed by atoms with Crippen LogP contribution in [0.1, 0.15) is 6.92 Å². The maximum atomic E-state index is 10.4. The Labute approximate surface area is 54.0 Å². The van der Waals surface area contributed by atoms with Gasteiger partial charge in [-0.25, -0.2) is 8.42 Å². The normalized spacial score (nSPS) is 19.1. The minimum atomic E-state index is -3.50. The predicted molar refractivity (Wildman–Crippen MR) is 32.5 cm³/mol. The summed E-state index contributed by atoms with van der Waals surface area (Å²) < 4.78 is 20.7. The van der Waals surface area contributed by atoms with E-state index >= 15 is 0 Å². The average Bonchev–Trinajstić information content (AvgIpc) is 1.62. The van der Waals surface area contributed by atoms with Crippen LogP contribution in [0.3, 0.4) is 0 Å². The molecule has 1 unspecified atom stereocenters. The van der Waals surface area contributed by atoms with Crippen LogP contribution in [0.15, 0.2) is 0 Å². The Morgan fingerprint density at radius 1 is 1.33 bits per heavy atom. The highest BCUT2D eigenvalue weighted by Gasteiger charge is 2.21. The summed E-state index contributed by atoms with van der Waals surface area (Å²) in [5, 5.41) is 17.2. The fraction of sp³-hybridized carbons (Fsp3) is 1.00. The molecule has 0 amide bonds. The molecule has 0 aromatic carbocycles. The number of aliphatic hydroxyl groups is 2. The van der Waals surface area contributed by atoms with Crippen molar-refractivity contribution in [2.45, 2.75) is 18.5 Å². The zero-order valence-corrected chi connectivity index (χ0v) is 6.09. The van der Waals surface area contributed by atoms with Crippen LogP contribution in [0.25, 0.3) is 0 Å². The van der Waals surface area contributed by atoms with Gasteiger partial charge in [0, 0.05) is 6.26 Å². The molecule has 0 saturated carbocycles. The highest BCUT2D eigenvalue weighted by molar-refractivity contribution is 7.91. The van der Waals surface area contributed by atoms with Crippen LogP contribution in [0, 0.1) is 0 Å². The minimum Gasteiger partial charge on any atom is -0.390 e. The molecule has 0 radical (unpaired) electrons. The zero-order chi connectivity index (χ0) is 7.65. The van der Waals surface area contributed by atoms with Gasteiger partial charge >= 0.3 is 0 Å². The Morgan fingerprint density at radius 2 is 1.67 bits per heavy atom. The molecular weight excluding hydrogens is 144 g/mol. The quantitative estimate of drug-likeness (QED) is 0.520. The molecule has 5 heteroatoms. The largest absolute Gasteiger partial charge is 0.390 e. The van der Waals surface area contributed by atoms with Gasteiger partial charge < -0.3 is 10.2 Å². The summed E-state index contributed by atoms with van der Waals surface area (Å²) >= 11 is 0. The van der Waals surface area contributed by atoms with E-state index < -0.39 is 21.4 Å². The highest BCUT2D eigenvalue weighted by Crippen LogP contribution is 1.99. The van der Waals surface area contributed by atoms with Crippen molar-refractivity contribution in [3.63, 3.8) is 0 Å². The first kappa shape index (κ1) is 8.87. The molecule has 0 aliphatic carbocycles. The molecule has 4 nitrogen and oxygen atoms in total. The van der Waals surface area contributed by atoms with Gasteiger partial charge in [-0.2, -0.15) is 0 Å². The van der Waals surface area contributed by atoms with Crippen LogP contribution < -0.4 is 0 Å². The van der Waals surface area contributed by atoms with E-state index in [0.29, 0.717) is 0 Å². The van der Waals surface area contributed by atoms with Crippen molar-refractivity contribution < 1.29 is 18.6 Å². The third kappa shape index (κ3) is 2.78. The summed E-state index contributed by atoms with van der Waals surface area (Å²) in [5.41, 5.74) is -1.66. The van der Waals surface area contributed by atoms with Crippen LogP contribution in [0.2, 0.25) is 0 Å². The van der Waals surface area contributed by atoms with Crippen LogP contribution in [-0.2, 0) is 9.84 Å². The summed E-state index contributed by atoms with van der Waals surface area (Å²) in [6.45, 7) is 1.21. The van der Waals surface area contributed by atoms with Gasteiger partial charge in [0.2, 0.25) is 0 Å². The van der Waals surface area contributed by atoms with Crippen molar-refractivity contribution in [3.05, 3.63) is 0 Å². The maximum Gasteiger partial charge on any atom is 0.180 e. The van der Waals surface area contributed by atoms with Crippen LogP contribution in [0.4, 0.5) is 0 Å². The van der Waals surface area contributed by atoms with Crippen molar-refractivity contribution in [2.75, 3.05) is 6.26 Å². The standard InChI is InChI=1S/C4H10O4S/c1-3(5)4(6)9(2,7)8/h3-6H,1-2H3/t3?,4-/m0/s1. The first-order valence-electron chi connectivity index (χ1n) is 2.40. The van der Waals surface area contributed by atoms with Gasteiger partial charge in [0.25, 0.3) is 0 Å². The molecule has 0 spiro atoms. The Bertz CT molecular complexity index is 169. The van der Waals surface area contributed by atoms with E-state index in [9.17, 15) is 8.42 Å². The Hall–Kier alpha value is -0.130. The molecule has 56 valence electrons. The molecule has 9 heavy (non-hydrogen) atoms. The van der Waals surface area contributed by atoms with Crippen LogP contribution >= 0.6 is 0 Å². The summed E-state index contributed by atoms with van der Waals surface area (Å²) in [7, 11) is -3.50. The monoisotopic (exact) mass is 154 g/mol. The van der Waals surface area contributed by atoms with Gasteiger partial charge in [0.05, 0.1) is 6.10 Å². The second kappa shape index (κ2) is 2.64.